The lowest BCUT2D eigenvalue weighted by atomic mass is 10.2. The first kappa shape index (κ1) is 14.7. The Hall–Kier alpha value is -1.40. The molecule has 6 heteroatoms. The highest BCUT2D eigenvalue weighted by Crippen LogP contribution is 2.14. The fourth-order valence-electron chi connectivity index (χ4n) is 1.59. The van der Waals surface area contributed by atoms with E-state index in [0.717, 1.165) is 0 Å². The molecule has 5 nitrogen and oxygen atoms in total. The van der Waals surface area contributed by atoms with Crippen molar-refractivity contribution in [1.29, 1.82) is 0 Å². The van der Waals surface area contributed by atoms with Gasteiger partial charge >= 0.3 is 0 Å². The van der Waals surface area contributed by atoms with Crippen LogP contribution >= 0.6 is 0 Å². The number of carbonyl (C=O) groups is 1. The molecular weight excluding hydrogens is 252 g/mol. The molecule has 0 saturated heterocycles. The molecule has 1 aromatic rings. The summed E-state index contributed by atoms with van der Waals surface area (Å²) in [5.74, 6) is -0.285. The summed E-state index contributed by atoms with van der Waals surface area (Å²) in [6.45, 7) is 3.24. The van der Waals surface area contributed by atoms with E-state index in [0.29, 0.717) is 5.56 Å². The number of nitrogens with zero attached hydrogens (tertiary/aromatic N) is 1. The summed E-state index contributed by atoms with van der Waals surface area (Å²) in [6.07, 6.45) is 0. The minimum absolute atomic E-state index is 0.198. The van der Waals surface area contributed by atoms with Gasteiger partial charge in [-0.15, -0.1) is 0 Å². The predicted molar refractivity (Wildman–Crippen MR) is 69.7 cm³/mol. The van der Waals surface area contributed by atoms with E-state index in [9.17, 15) is 13.2 Å². The molecule has 1 N–H and O–H groups in total. The van der Waals surface area contributed by atoms with Gasteiger partial charge < -0.3 is 4.90 Å². The van der Waals surface area contributed by atoms with E-state index in [1.165, 1.54) is 17.9 Å². The average molecular weight is 270 g/mol. The maximum atomic E-state index is 12.1. The highest BCUT2D eigenvalue weighted by molar-refractivity contribution is 7.89. The molecule has 1 unspecified atom stereocenters. The van der Waals surface area contributed by atoms with Gasteiger partial charge in [0.05, 0.1) is 10.9 Å². The molecule has 1 aromatic carbocycles. The van der Waals surface area contributed by atoms with Crippen molar-refractivity contribution in [2.24, 2.45) is 0 Å². The predicted octanol–water partition coefficient (Wildman–Crippen LogP) is 0.750. The largest absolute Gasteiger partial charge is 0.347 e. The average Bonchev–Trinajstić information content (AvgIpc) is 2.27. The second-order valence-electron chi connectivity index (χ2n) is 4.34. The number of hydrogen-bond donors (Lipinski definition) is 1. The zero-order valence-electron chi connectivity index (χ0n) is 11.0. The third kappa shape index (κ3) is 3.30. The Morgan fingerprint density at radius 3 is 2.33 bits per heavy atom. The molecule has 0 aliphatic heterocycles. The summed E-state index contributed by atoms with van der Waals surface area (Å²) < 4.78 is 26.6. The zero-order chi connectivity index (χ0) is 13.9. The van der Waals surface area contributed by atoms with Gasteiger partial charge in [0.25, 0.3) is 0 Å². The molecule has 0 spiro atoms. The van der Waals surface area contributed by atoms with Crippen LogP contribution in [0.5, 0.6) is 0 Å². The van der Waals surface area contributed by atoms with Crippen LogP contribution in [0.25, 0.3) is 0 Å². The smallest absolute Gasteiger partial charge is 0.241 e. The fraction of sp³-hybridized carbons (Fsp3) is 0.417. The maximum absolute atomic E-state index is 12.1. The zero-order valence-corrected chi connectivity index (χ0v) is 11.8. The number of likely N-dealkylation sites (N-methyl/N-ethyl adjacent to an activating group) is 1. The summed E-state index contributed by atoms with van der Waals surface area (Å²) in [5, 5.41) is 0. The number of aryl methyl sites for hydroxylation is 1. The molecule has 1 rings (SSSR count). The molecule has 1 amide bonds. The van der Waals surface area contributed by atoms with Crippen molar-refractivity contribution in [2.75, 3.05) is 14.1 Å². The summed E-state index contributed by atoms with van der Waals surface area (Å²) in [5.41, 5.74) is 0.648. The highest BCUT2D eigenvalue weighted by Gasteiger charge is 2.23. The Labute approximate surface area is 108 Å². The van der Waals surface area contributed by atoms with Gasteiger partial charge in [-0.3, -0.25) is 4.79 Å². The van der Waals surface area contributed by atoms with Gasteiger partial charge in [-0.1, -0.05) is 18.2 Å². The summed E-state index contributed by atoms with van der Waals surface area (Å²) in [7, 11) is -0.498. The molecule has 1 atom stereocenters. The van der Waals surface area contributed by atoms with Crippen molar-refractivity contribution < 1.29 is 13.2 Å². The molecule has 18 heavy (non-hydrogen) atoms. The molecule has 0 radical (unpaired) electrons. The number of amides is 1. The number of benzene rings is 1. The molecule has 0 bridgehead atoms. The van der Waals surface area contributed by atoms with Crippen molar-refractivity contribution in [1.82, 2.24) is 9.62 Å². The minimum Gasteiger partial charge on any atom is -0.347 e. The molecule has 0 heterocycles. The molecule has 0 aliphatic carbocycles. The molecular formula is C12H18N2O3S. The number of carbonyl (C=O) groups excluding carboxylic acids is 1. The van der Waals surface area contributed by atoms with Crippen molar-refractivity contribution in [3.8, 4) is 0 Å². The van der Waals surface area contributed by atoms with E-state index >= 15 is 0 Å². The van der Waals surface area contributed by atoms with Crippen molar-refractivity contribution in [3.63, 3.8) is 0 Å². The van der Waals surface area contributed by atoms with Crippen LogP contribution < -0.4 is 4.72 Å². The lowest BCUT2D eigenvalue weighted by Crippen LogP contribution is -2.44. The van der Waals surface area contributed by atoms with Crippen LogP contribution in [0.1, 0.15) is 12.5 Å². The first-order valence-electron chi connectivity index (χ1n) is 5.55. The topological polar surface area (TPSA) is 66.5 Å². The lowest BCUT2D eigenvalue weighted by molar-refractivity contribution is -0.130. The number of sulfonamides is 1. The third-order valence-corrected chi connectivity index (χ3v) is 4.23. The minimum atomic E-state index is -3.67. The maximum Gasteiger partial charge on any atom is 0.241 e. The highest BCUT2D eigenvalue weighted by atomic mass is 32.2. The van der Waals surface area contributed by atoms with E-state index < -0.39 is 16.1 Å². The number of nitrogens with one attached hydrogen (secondary N) is 1. The fourth-order valence-corrected chi connectivity index (χ4v) is 3.03. The molecule has 0 saturated carbocycles. The van der Waals surface area contributed by atoms with Gasteiger partial charge in [0.2, 0.25) is 15.9 Å². The van der Waals surface area contributed by atoms with E-state index in [-0.39, 0.29) is 10.8 Å². The Kier molecular flexibility index (Phi) is 4.48. The summed E-state index contributed by atoms with van der Waals surface area (Å²) >= 11 is 0. The quantitative estimate of drug-likeness (QED) is 0.878. The molecule has 100 valence electrons. The van der Waals surface area contributed by atoms with Crippen LogP contribution in [0.4, 0.5) is 0 Å². The second-order valence-corrected chi connectivity index (χ2v) is 6.02. The van der Waals surface area contributed by atoms with Gasteiger partial charge in [0.1, 0.15) is 0 Å². The van der Waals surface area contributed by atoms with Gasteiger partial charge in [0.15, 0.2) is 0 Å². The standard InChI is InChI=1S/C12H18N2O3S/c1-9-7-5-6-8-11(9)18(16,17)13-10(2)12(15)14(3)4/h5-8,10,13H,1-4H3. The van der Waals surface area contributed by atoms with E-state index in [1.54, 1.807) is 39.2 Å². The monoisotopic (exact) mass is 270 g/mol. The lowest BCUT2D eigenvalue weighted by Gasteiger charge is -2.18. The Morgan fingerprint density at radius 1 is 1.28 bits per heavy atom. The van der Waals surface area contributed by atoms with E-state index in [1.807, 2.05) is 0 Å². The van der Waals surface area contributed by atoms with Crippen LogP contribution in [0.3, 0.4) is 0 Å². The van der Waals surface area contributed by atoms with Crippen LogP contribution in [0, 0.1) is 6.92 Å². The molecule has 0 aliphatic rings. The van der Waals surface area contributed by atoms with Gasteiger partial charge in [-0.25, -0.2) is 8.42 Å². The molecule has 0 fully saturated rings. The van der Waals surface area contributed by atoms with Gasteiger partial charge in [-0.2, -0.15) is 4.72 Å². The van der Waals surface area contributed by atoms with Crippen molar-refractivity contribution in [3.05, 3.63) is 29.8 Å². The Balaban J connectivity index is 2.97. The van der Waals surface area contributed by atoms with Crippen LogP contribution in [0.15, 0.2) is 29.2 Å². The Morgan fingerprint density at radius 2 is 1.83 bits per heavy atom. The van der Waals surface area contributed by atoms with Crippen molar-refractivity contribution in [2.45, 2.75) is 24.8 Å². The van der Waals surface area contributed by atoms with E-state index in [4.69, 9.17) is 0 Å². The van der Waals surface area contributed by atoms with Crippen LogP contribution in [-0.2, 0) is 14.8 Å². The summed E-state index contributed by atoms with van der Waals surface area (Å²) in [6, 6.07) is 5.87. The van der Waals surface area contributed by atoms with Gasteiger partial charge in [-0.05, 0) is 25.5 Å². The van der Waals surface area contributed by atoms with Crippen molar-refractivity contribution >= 4 is 15.9 Å². The third-order valence-electron chi connectivity index (χ3n) is 2.53. The van der Waals surface area contributed by atoms with Gasteiger partial charge in [0, 0.05) is 14.1 Å². The SMILES string of the molecule is Cc1ccccc1S(=O)(=O)NC(C)C(=O)N(C)C. The second kappa shape index (κ2) is 5.49. The first-order chi connectivity index (χ1) is 8.25. The summed E-state index contributed by atoms with van der Waals surface area (Å²) in [4.78, 5) is 13.2. The van der Waals surface area contributed by atoms with Crippen LogP contribution in [-0.4, -0.2) is 39.4 Å². The number of hydrogen-bond acceptors (Lipinski definition) is 3. The van der Waals surface area contributed by atoms with E-state index in [2.05, 4.69) is 4.72 Å². The Bertz CT molecular complexity index is 538. The normalized spacial score (nSPS) is 13.1. The molecule has 0 aromatic heterocycles. The first-order valence-corrected chi connectivity index (χ1v) is 7.03. The number of rotatable bonds is 4. The van der Waals surface area contributed by atoms with Crippen LogP contribution in [0.2, 0.25) is 0 Å².